The van der Waals surface area contributed by atoms with Crippen molar-refractivity contribution in [1.29, 1.82) is 0 Å². The molecule has 1 atom stereocenters. The van der Waals surface area contributed by atoms with Gasteiger partial charge in [0.2, 0.25) is 5.91 Å². The Morgan fingerprint density at radius 1 is 1.17 bits per heavy atom. The highest BCUT2D eigenvalue weighted by Gasteiger charge is 2.26. The molecule has 2 amide bonds. The Kier molecular flexibility index (Phi) is 9.95. The molecule has 0 fully saturated rings. The van der Waals surface area contributed by atoms with E-state index in [1.165, 1.54) is 4.90 Å². The zero-order valence-corrected chi connectivity index (χ0v) is 20.1. The van der Waals surface area contributed by atoms with Crippen LogP contribution >= 0.6 is 39.1 Å². The van der Waals surface area contributed by atoms with Crippen molar-refractivity contribution in [2.24, 2.45) is 0 Å². The predicted molar refractivity (Wildman–Crippen MR) is 124 cm³/mol. The fourth-order valence-corrected chi connectivity index (χ4v) is 3.78. The molecular formula is C22H25BrCl2N2O3. The molecule has 30 heavy (non-hydrogen) atoms. The summed E-state index contributed by atoms with van der Waals surface area (Å²) in [6.07, 6.45) is 1.86. The largest absolute Gasteiger partial charge is 0.483 e. The molecule has 0 aliphatic rings. The summed E-state index contributed by atoms with van der Waals surface area (Å²) in [7, 11) is 0. The smallest absolute Gasteiger partial charge is 0.261 e. The van der Waals surface area contributed by atoms with Gasteiger partial charge in [-0.2, -0.15) is 0 Å². The number of carbonyl (C=O) groups excluding carboxylic acids is 2. The summed E-state index contributed by atoms with van der Waals surface area (Å²) in [4.78, 5) is 27.1. The van der Waals surface area contributed by atoms with E-state index in [0.29, 0.717) is 26.8 Å². The minimum absolute atomic E-state index is 0.202. The lowest BCUT2D eigenvalue weighted by Crippen LogP contribution is -2.49. The summed E-state index contributed by atoms with van der Waals surface area (Å²) >= 11 is 15.4. The molecule has 0 aliphatic heterocycles. The number of hydrogen-bond acceptors (Lipinski definition) is 3. The summed E-state index contributed by atoms with van der Waals surface area (Å²) in [5.41, 5.74) is 0.830. The van der Waals surface area contributed by atoms with Gasteiger partial charge < -0.3 is 15.0 Å². The third-order valence-corrected chi connectivity index (χ3v) is 5.57. The number of halogens is 3. The van der Waals surface area contributed by atoms with Gasteiger partial charge in [-0.3, -0.25) is 9.59 Å². The molecule has 0 radical (unpaired) electrons. The maximum absolute atomic E-state index is 13.0. The Morgan fingerprint density at radius 2 is 1.90 bits per heavy atom. The monoisotopic (exact) mass is 514 g/mol. The quantitative estimate of drug-likeness (QED) is 0.427. The summed E-state index contributed by atoms with van der Waals surface area (Å²) in [6.45, 7) is 4.37. The SMILES string of the molecule is CCCCNC(=O)[C@@H](C)N(Cc1cccc(Cl)c1)C(=O)COc1ccc(Cl)cc1Br. The van der Waals surface area contributed by atoms with Gasteiger partial charge in [0.25, 0.3) is 5.91 Å². The van der Waals surface area contributed by atoms with Gasteiger partial charge in [-0.05, 0) is 65.2 Å². The van der Waals surface area contributed by atoms with Crippen molar-refractivity contribution in [3.63, 3.8) is 0 Å². The second-order valence-corrected chi connectivity index (χ2v) is 8.56. The third-order valence-electron chi connectivity index (χ3n) is 4.48. The molecule has 5 nitrogen and oxygen atoms in total. The number of carbonyl (C=O) groups is 2. The van der Waals surface area contributed by atoms with Crippen LogP contribution in [0.4, 0.5) is 0 Å². The molecule has 0 saturated carbocycles. The number of unbranched alkanes of at least 4 members (excludes halogenated alkanes) is 1. The van der Waals surface area contributed by atoms with Gasteiger partial charge in [0.15, 0.2) is 6.61 Å². The van der Waals surface area contributed by atoms with E-state index in [1.54, 1.807) is 37.3 Å². The first-order valence-electron chi connectivity index (χ1n) is 9.71. The van der Waals surface area contributed by atoms with Crippen LogP contribution in [0.5, 0.6) is 5.75 Å². The molecule has 0 bridgehead atoms. The van der Waals surface area contributed by atoms with Gasteiger partial charge in [0, 0.05) is 23.1 Å². The fourth-order valence-electron chi connectivity index (χ4n) is 2.77. The highest BCUT2D eigenvalue weighted by atomic mass is 79.9. The van der Waals surface area contributed by atoms with Gasteiger partial charge in [0.05, 0.1) is 4.47 Å². The van der Waals surface area contributed by atoms with Crippen LogP contribution in [-0.4, -0.2) is 35.9 Å². The standard InChI is InChI=1S/C22H25BrCl2N2O3/c1-3-4-10-26-22(29)15(2)27(13-16-6-5-7-17(24)11-16)21(28)14-30-20-9-8-18(25)12-19(20)23/h5-9,11-12,15H,3-4,10,13-14H2,1-2H3,(H,26,29)/t15-/m1/s1. The van der Waals surface area contributed by atoms with Crippen LogP contribution in [0.3, 0.4) is 0 Å². The van der Waals surface area contributed by atoms with Gasteiger partial charge >= 0.3 is 0 Å². The van der Waals surface area contributed by atoms with Crippen LogP contribution in [-0.2, 0) is 16.1 Å². The maximum Gasteiger partial charge on any atom is 0.261 e. The molecule has 0 saturated heterocycles. The number of rotatable bonds is 10. The number of amides is 2. The molecule has 2 aromatic carbocycles. The molecule has 162 valence electrons. The van der Waals surface area contributed by atoms with E-state index in [0.717, 1.165) is 18.4 Å². The molecular weight excluding hydrogens is 491 g/mol. The number of nitrogens with one attached hydrogen (secondary N) is 1. The third kappa shape index (κ3) is 7.49. The maximum atomic E-state index is 13.0. The first kappa shape index (κ1) is 24.5. The molecule has 0 spiro atoms. The average Bonchev–Trinajstić information content (AvgIpc) is 2.71. The Bertz CT molecular complexity index is 879. The second-order valence-electron chi connectivity index (χ2n) is 6.84. The van der Waals surface area contributed by atoms with Crippen LogP contribution in [0.2, 0.25) is 10.0 Å². The molecule has 0 unspecified atom stereocenters. The molecule has 0 aromatic heterocycles. The highest BCUT2D eigenvalue weighted by Crippen LogP contribution is 2.28. The van der Waals surface area contributed by atoms with Crippen molar-refractivity contribution < 1.29 is 14.3 Å². The highest BCUT2D eigenvalue weighted by molar-refractivity contribution is 9.10. The van der Waals surface area contributed by atoms with E-state index in [1.807, 2.05) is 12.1 Å². The van der Waals surface area contributed by atoms with Gasteiger partial charge in [-0.1, -0.05) is 48.7 Å². The minimum Gasteiger partial charge on any atom is -0.483 e. The normalized spacial score (nSPS) is 11.6. The summed E-state index contributed by atoms with van der Waals surface area (Å²) in [5.74, 6) is -0.0167. The van der Waals surface area contributed by atoms with E-state index in [9.17, 15) is 9.59 Å². The lowest BCUT2D eigenvalue weighted by molar-refractivity contribution is -0.142. The van der Waals surface area contributed by atoms with Gasteiger partial charge in [-0.15, -0.1) is 0 Å². The van der Waals surface area contributed by atoms with Crippen LogP contribution in [0, 0.1) is 0 Å². The summed E-state index contributed by atoms with van der Waals surface area (Å²) < 4.78 is 6.32. The van der Waals surface area contributed by atoms with Crippen molar-refractivity contribution in [2.45, 2.75) is 39.3 Å². The molecule has 2 aromatic rings. The van der Waals surface area contributed by atoms with E-state index in [4.69, 9.17) is 27.9 Å². The van der Waals surface area contributed by atoms with E-state index in [-0.39, 0.29) is 25.0 Å². The number of benzene rings is 2. The van der Waals surface area contributed by atoms with Crippen molar-refractivity contribution in [3.05, 3.63) is 62.5 Å². The Labute approximate surface area is 195 Å². The van der Waals surface area contributed by atoms with Crippen LogP contribution in [0.25, 0.3) is 0 Å². The zero-order chi connectivity index (χ0) is 22.1. The van der Waals surface area contributed by atoms with Gasteiger partial charge in [-0.25, -0.2) is 0 Å². The Morgan fingerprint density at radius 3 is 2.57 bits per heavy atom. The Balaban J connectivity index is 2.13. The lowest BCUT2D eigenvalue weighted by Gasteiger charge is -2.29. The van der Waals surface area contributed by atoms with Crippen LogP contribution in [0.15, 0.2) is 46.9 Å². The van der Waals surface area contributed by atoms with Gasteiger partial charge in [0.1, 0.15) is 11.8 Å². The number of nitrogens with zero attached hydrogens (tertiary/aromatic N) is 1. The Hall–Kier alpha value is -1.76. The van der Waals surface area contributed by atoms with Crippen molar-refractivity contribution in [1.82, 2.24) is 10.2 Å². The number of hydrogen-bond donors (Lipinski definition) is 1. The first-order chi connectivity index (χ1) is 14.3. The lowest BCUT2D eigenvalue weighted by atomic mass is 10.1. The molecule has 8 heteroatoms. The molecule has 2 rings (SSSR count). The predicted octanol–water partition coefficient (Wildman–Crippen LogP) is 5.47. The minimum atomic E-state index is -0.661. The average molecular weight is 516 g/mol. The number of ether oxygens (including phenoxy) is 1. The van der Waals surface area contributed by atoms with Crippen molar-refractivity contribution in [2.75, 3.05) is 13.2 Å². The van der Waals surface area contributed by atoms with Crippen LogP contribution in [0.1, 0.15) is 32.3 Å². The summed E-state index contributed by atoms with van der Waals surface area (Å²) in [6, 6.07) is 11.6. The molecule has 0 aliphatic carbocycles. The molecule has 0 heterocycles. The van der Waals surface area contributed by atoms with Crippen LogP contribution < -0.4 is 10.1 Å². The van der Waals surface area contributed by atoms with E-state index < -0.39 is 6.04 Å². The second kappa shape index (κ2) is 12.2. The zero-order valence-electron chi connectivity index (χ0n) is 17.0. The molecule has 1 N–H and O–H groups in total. The fraction of sp³-hybridized carbons (Fsp3) is 0.364. The van der Waals surface area contributed by atoms with E-state index >= 15 is 0 Å². The van der Waals surface area contributed by atoms with Crippen molar-refractivity contribution >= 4 is 50.9 Å². The summed E-state index contributed by atoms with van der Waals surface area (Å²) in [5, 5.41) is 4.01. The van der Waals surface area contributed by atoms with Crippen molar-refractivity contribution in [3.8, 4) is 5.75 Å². The topological polar surface area (TPSA) is 58.6 Å². The first-order valence-corrected chi connectivity index (χ1v) is 11.3. The van der Waals surface area contributed by atoms with E-state index in [2.05, 4.69) is 28.2 Å².